The number of nitrogens with zero attached hydrogens (tertiary/aromatic N) is 5. The molecule has 2 aromatic heterocycles. The van der Waals surface area contributed by atoms with E-state index in [1.54, 1.807) is 6.20 Å². The number of aromatic nitrogens is 4. The fourth-order valence-electron chi connectivity index (χ4n) is 3.28. The maximum absolute atomic E-state index is 12.8. The Bertz CT molecular complexity index is 736. The first-order chi connectivity index (χ1) is 10.8. The molecule has 0 saturated carbocycles. The third-order valence-corrected chi connectivity index (χ3v) is 4.52. The van der Waals surface area contributed by atoms with Crippen LogP contribution in [0.2, 0.25) is 0 Å². The van der Waals surface area contributed by atoms with Crippen LogP contribution in [0.3, 0.4) is 0 Å². The number of hydrogen-bond donors (Lipinski definition) is 0. The molecule has 0 atom stereocenters. The number of carbonyl (C=O) groups is 1. The molecule has 22 heavy (non-hydrogen) atoms. The highest BCUT2D eigenvalue weighted by Gasteiger charge is 2.29. The van der Waals surface area contributed by atoms with E-state index < -0.39 is 0 Å². The summed E-state index contributed by atoms with van der Waals surface area (Å²) in [5.41, 5.74) is 3.90. The highest BCUT2D eigenvalue weighted by Crippen LogP contribution is 2.25. The summed E-state index contributed by atoms with van der Waals surface area (Å²) >= 11 is 0. The standard InChI is InChI=1S/C16H19N5O/c1-2-15-17-7-11-9-20(10-13(11)19-15)16(22)12-8-18-21-6-4-3-5-14(12)21/h7-8H,2-6,9-10H2,1H3. The zero-order valence-electron chi connectivity index (χ0n) is 12.7. The quantitative estimate of drug-likeness (QED) is 0.847. The smallest absolute Gasteiger partial charge is 0.257 e. The van der Waals surface area contributed by atoms with E-state index in [1.165, 1.54) is 0 Å². The normalized spacial score (nSPS) is 16.5. The zero-order chi connectivity index (χ0) is 15.1. The lowest BCUT2D eigenvalue weighted by Gasteiger charge is -2.18. The molecule has 1 amide bonds. The van der Waals surface area contributed by atoms with Crippen LogP contribution in [0, 0.1) is 0 Å². The van der Waals surface area contributed by atoms with Gasteiger partial charge in [0, 0.05) is 31.3 Å². The predicted molar refractivity (Wildman–Crippen MR) is 80.2 cm³/mol. The minimum Gasteiger partial charge on any atom is -0.328 e. The number of hydrogen-bond acceptors (Lipinski definition) is 4. The largest absolute Gasteiger partial charge is 0.328 e. The predicted octanol–water partition coefficient (Wildman–Crippen LogP) is 1.73. The third-order valence-electron chi connectivity index (χ3n) is 4.52. The Morgan fingerprint density at radius 3 is 3.05 bits per heavy atom. The fourth-order valence-corrected chi connectivity index (χ4v) is 3.28. The van der Waals surface area contributed by atoms with Crippen molar-refractivity contribution in [1.29, 1.82) is 0 Å². The van der Waals surface area contributed by atoms with Gasteiger partial charge in [0.1, 0.15) is 5.82 Å². The highest BCUT2D eigenvalue weighted by molar-refractivity contribution is 5.95. The molecule has 0 spiro atoms. The molecular weight excluding hydrogens is 278 g/mol. The molecule has 0 N–H and O–H groups in total. The maximum Gasteiger partial charge on any atom is 0.257 e. The van der Waals surface area contributed by atoms with Gasteiger partial charge in [0.15, 0.2) is 0 Å². The van der Waals surface area contributed by atoms with Crippen LogP contribution in [0.1, 0.15) is 52.9 Å². The summed E-state index contributed by atoms with van der Waals surface area (Å²) in [7, 11) is 0. The number of rotatable bonds is 2. The molecule has 2 aromatic rings. The first kappa shape index (κ1) is 13.4. The van der Waals surface area contributed by atoms with E-state index in [1.807, 2.05) is 22.7 Å². The van der Waals surface area contributed by atoms with Crippen molar-refractivity contribution < 1.29 is 4.79 Å². The van der Waals surface area contributed by atoms with Crippen LogP contribution in [-0.4, -0.2) is 30.6 Å². The summed E-state index contributed by atoms with van der Waals surface area (Å²) in [6, 6.07) is 0. The first-order valence-electron chi connectivity index (χ1n) is 7.94. The first-order valence-corrected chi connectivity index (χ1v) is 7.94. The number of fused-ring (bicyclic) bond motifs is 2. The van der Waals surface area contributed by atoms with Gasteiger partial charge in [-0.2, -0.15) is 5.10 Å². The Hall–Kier alpha value is -2.24. The molecule has 0 fully saturated rings. The van der Waals surface area contributed by atoms with Gasteiger partial charge in [-0.15, -0.1) is 0 Å². The second-order valence-electron chi connectivity index (χ2n) is 5.96. The molecule has 4 rings (SSSR count). The molecule has 6 heteroatoms. The van der Waals surface area contributed by atoms with Crippen LogP contribution in [-0.2, 0) is 32.5 Å². The lowest BCUT2D eigenvalue weighted by Crippen LogP contribution is -2.26. The summed E-state index contributed by atoms with van der Waals surface area (Å²) in [6.07, 6.45) is 7.64. The third kappa shape index (κ3) is 2.10. The topological polar surface area (TPSA) is 63.9 Å². The van der Waals surface area contributed by atoms with Crippen LogP contribution >= 0.6 is 0 Å². The molecule has 114 valence electrons. The Labute approximate surface area is 129 Å². The molecule has 2 aliphatic heterocycles. The van der Waals surface area contributed by atoms with Gasteiger partial charge in [0.05, 0.1) is 29.7 Å². The lowest BCUT2D eigenvalue weighted by atomic mass is 10.1. The summed E-state index contributed by atoms with van der Waals surface area (Å²) in [6.45, 7) is 4.14. The van der Waals surface area contributed by atoms with Gasteiger partial charge >= 0.3 is 0 Å². The lowest BCUT2D eigenvalue weighted by molar-refractivity contribution is 0.0748. The highest BCUT2D eigenvalue weighted by atomic mass is 16.2. The van der Waals surface area contributed by atoms with Gasteiger partial charge in [-0.25, -0.2) is 9.97 Å². The van der Waals surface area contributed by atoms with Gasteiger partial charge in [-0.3, -0.25) is 9.48 Å². The van der Waals surface area contributed by atoms with Crippen molar-refractivity contribution in [3.05, 3.63) is 40.7 Å². The molecular formula is C16H19N5O. The second kappa shape index (κ2) is 5.19. The fraction of sp³-hybridized carbons (Fsp3) is 0.500. The van der Waals surface area contributed by atoms with Gasteiger partial charge in [-0.1, -0.05) is 6.92 Å². The van der Waals surface area contributed by atoms with Crippen molar-refractivity contribution in [2.45, 2.75) is 52.2 Å². The number of carbonyl (C=O) groups excluding carboxylic acids is 1. The Morgan fingerprint density at radius 1 is 1.27 bits per heavy atom. The Morgan fingerprint density at radius 2 is 2.18 bits per heavy atom. The van der Waals surface area contributed by atoms with Crippen molar-refractivity contribution >= 4 is 5.91 Å². The minimum atomic E-state index is 0.0687. The van der Waals surface area contributed by atoms with E-state index in [0.717, 1.165) is 60.6 Å². The number of amides is 1. The van der Waals surface area contributed by atoms with Crippen molar-refractivity contribution in [2.24, 2.45) is 0 Å². The summed E-state index contributed by atoms with van der Waals surface area (Å²) < 4.78 is 1.98. The van der Waals surface area contributed by atoms with Crippen LogP contribution in [0.15, 0.2) is 12.4 Å². The molecule has 0 aliphatic carbocycles. The van der Waals surface area contributed by atoms with Gasteiger partial charge in [0.25, 0.3) is 5.91 Å². The Kier molecular flexibility index (Phi) is 3.17. The van der Waals surface area contributed by atoms with E-state index in [-0.39, 0.29) is 5.91 Å². The number of aryl methyl sites for hydroxylation is 2. The Balaban J connectivity index is 1.59. The van der Waals surface area contributed by atoms with E-state index >= 15 is 0 Å². The van der Waals surface area contributed by atoms with Crippen LogP contribution < -0.4 is 0 Å². The van der Waals surface area contributed by atoms with Crippen LogP contribution in [0.25, 0.3) is 0 Å². The van der Waals surface area contributed by atoms with Crippen molar-refractivity contribution in [1.82, 2.24) is 24.6 Å². The maximum atomic E-state index is 12.8. The average molecular weight is 297 g/mol. The average Bonchev–Trinajstić information content (AvgIpc) is 3.17. The second-order valence-corrected chi connectivity index (χ2v) is 5.96. The molecule has 0 unspecified atom stereocenters. The van der Waals surface area contributed by atoms with E-state index in [0.29, 0.717) is 13.1 Å². The van der Waals surface area contributed by atoms with E-state index in [9.17, 15) is 4.79 Å². The van der Waals surface area contributed by atoms with Crippen molar-refractivity contribution in [3.63, 3.8) is 0 Å². The molecule has 4 heterocycles. The zero-order valence-corrected chi connectivity index (χ0v) is 12.7. The minimum absolute atomic E-state index is 0.0687. The van der Waals surface area contributed by atoms with Gasteiger partial charge < -0.3 is 4.90 Å². The van der Waals surface area contributed by atoms with Crippen LogP contribution in [0.5, 0.6) is 0 Å². The van der Waals surface area contributed by atoms with E-state index in [4.69, 9.17) is 0 Å². The molecule has 0 radical (unpaired) electrons. The van der Waals surface area contributed by atoms with Gasteiger partial charge in [0.2, 0.25) is 0 Å². The van der Waals surface area contributed by atoms with Gasteiger partial charge in [-0.05, 0) is 19.3 Å². The SMILES string of the molecule is CCc1ncc2c(n1)CN(C(=O)c1cnn3c1CCCC3)C2. The van der Waals surface area contributed by atoms with Crippen molar-refractivity contribution in [2.75, 3.05) is 0 Å². The summed E-state index contributed by atoms with van der Waals surface area (Å²) in [4.78, 5) is 23.6. The van der Waals surface area contributed by atoms with E-state index in [2.05, 4.69) is 15.1 Å². The molecule has 0 saturated heterocycles. The molecule has 6 nitrogen and oxygen atoms in total. The summed E-state index contributed by atoms with van der Waals surface area (Å²) in [5, 5.41) is 4.37. The molecule has 0 bridgehead atoms. The van der Waals surface area contributed by atoms with Crippen LogP contribution in [0.4, 0.5) is 0 Å². The summed E-state index contributed by atoms with van der Waals surface area (Å²) in [5.74, 6) is 0.912. The van der Waals surface area contributed by atoms with Crippen molar-refractivity contribution in [3.8, 4) is 0 Å². The monoisotopic (exact) mass is 297 g/mol. The molecule has 2 aliphatic rings. The molecule has 0 aromatic carbocycles.